The smallest absolute Gasteiger partial charge is 0.243 e. The molecule has 1 aromatic heterocycles. The monoisotopic (exact) mass is 429 g/mol. The Morgan fingerprint density at radius 3 is 2.59 bits per heavy atom. The van der Waals surface area contributed by atoms with Gasteiger partial charge in [-0.1, -0.05) is 42.8 Å². The van der Waals surface area contributed by atoms with Crippen molar-refractivity contribution in [2.75, 3.05) is 12.4 Å². The lowest BCUT2D eigenvalue weighted by molar-refractivity contribution is -0.120. The van der Waals surface area contributed by atoms with E-state index < -0.39 is 17.1 Å². The van der Waals surface area contributed by atoms with Gasteiger partial charge in [0.2, 0.25) is 5.91 Å². The van der Waals surface area contributed by atoms with E-state index in [0.717, 1.165) is 11.3 Å². The summed E-state index contributed by atoms with van der Waals surface area (Å²) in [6.07, 6.45) is 0.186. The molecule has 29 heavy (non-hydrogen) atoms. The zero-order valence-electron chi connectivity index (χ0n) is 15.7. The zero-order chi connectivity index (χ0) is 20.8. The van der Waals surface area contributed by atoms with Gasteiger partial charge in [-0.25, -0.2) is 4.39 Å². The van der Waals surface area contributed by atoms with Crippen molar-refractivity contribution in [1.82, 2.24) is 0 Å². The highest BCUT2D eigenvalue weighted by molar-refractivity contribution is 7.21. The van der Waals surface area contributed by atoms with Gasteiger partial charge in [0.15, 0.2) is 5.78 Å². The van der Waals surface area contributed by atoms with E-state index in [-0.39, 0.29) is 12.2 Å². The normalized spacial score (nSPS) is 18.3. The summed E-state index contributed by atoms with van der Waals surface area (Å²) in [4.78, 5) is 26.9. The van der Waals surface area contributed by atoms with Crippen LogP contribution in [0.15, 0.2) is 48.5 Å². The van der Waals surface area contributed by atoms with E-state index in [9.17, 15) is 14.0 Å². The van der Waals surface area contributed by atoms with Gasteiger partial charge in [-0.2, -0.15) is 0 Å². The van der Waals surface area contributed by atoms with Crippen LogP contribution in [-0.2, 0) is 10.2 Å². The van der Waals surface area contributed by atoms with Gasteiger partial charge < -0.3 is 10.1 Å². The van der Waals surface area contributed by atoms with Gasteiger partial charge in [0.05, 0.1) is 12.7 Å². The average molecular weight is 430 g/mol. The van der Waals surface area contributed by atoms with Crippen molar-refractivity contribution in [1.29, 1.82) is 0 Å². The summed E-state index contributed by atoms with van der Waals surface area (Å²) >= 11 is 7.64. The molecule has 4 rings (SSSR count). The lowest BCUT2D eigenvalue weighted by atomic mass is 9.69. The third kappa shape index (κ3) is 2.94. The summed E-state index contributed by atoms with van der Waals surface area (Å²) in [5.74, 6) is -0.737. The van der Waals surface area contributed by atoms with Crippen molar-refractivity contribution in [3.05, 3.63) is 69.8 Å². The maximum Gasteiger partial charge on any atom is 0.243 e. The van der Waals surface area contributed by atoms with Crippen LogP contribution in [0.3, 0.4) is 0 Å². The summed E-state index contributed by atoms with van der Waals surface area (Å²) in [5, 5.41) is 3.24. The molecule has 1 unspecified atom stereocenters. The Morgan fingerprint density at radius 1 is 1.14 bits per heavy atom. The minimum absolute atomic E-state index is 0.186. The number of benzene rings is 2. The molecule has 7 heteroatoms. The van der Waals surface area contributed by atoms with Crippen LogP contribution in [0, 0.1) is 5.82 Å². The third-order valence-corrected chi connectivity index (χ3v) is 6.61. The number of ether oxygens (including phenoxy) is 1. The van der Waals surface area contributed by atoms with Crippen LogP contribution in [0.25, 0.3) is 11.1 Å². The number of ketones is 1. The molecule has 4 nitrogen and oxygen atoms in total. The predicted molar refractivity (Wildman–Crippen MR) is 113 cm³/mol. The quantitative estimate of drug-likeness (QED) is 0.541. The van der Waals surface area contributed by atoms with Gasteiger partial charge in [0.1, 0.15) is 26.3 Å². The first kappa shape index (κ1) is 19.6. The standard InChI is InChI=1S/C22H17ClFNO3S/c1-3-22(13-7-5-8-14(24)11-13)18(26)17-16(12-6-4-9-15(10-12)28-2)19(23)29-20(17)25-21(22)27/h4-11H,3H2,1-2H3,(H,25,27). The van der Waals surface area contributed by atoms with Crippen LogP contribution in [-0.4, -0.2) is 18.8 Å². The summed E-state index contributed by atoms with van der Waals surface area (Å²) in [6.45, 7) is 1.74. The van der Waals surface area contributed by atoms with E-state index in [1.54, 1.807) is 38.3 Å². The molecule has 1 aliphatic heterocycles. The molecule has 1 aliphatic rings. The number of anilines is 1. The van der Waals surface area contributed by atoms with Crippen molar-refractivity contribution >= 4 is 39.6 Å². The van der Waals surface area contributed by atoms with E-state index >= 15 is 0 Å². The molecular formula is C22H17ClFNO3S. The number of methoxy groups -OCH3 is 1. The molecule has 0 radical (unpaired) electrons. The molecule has 1 amide bonds. The van der Waals surface area contributed by atoms with E-state index in [4.69, 9.17) is 16.3 Å². The van der Waals surface area contributed by atoms with Crippen LogP contribution in [0.5, 0.6) is 5.75 Å². The van der Waals surface area contributed by atoms with Crippen LogP contribution < -0.4 is 10.1 Å². The Morgan fingerprint density at radius 2 is 1.90 bits per heavy atom. The molecule has 0 fully saturated rings. The van der Waals surface area contributed by atoms with Gasteiger partial charge >= 0.3 is 0 Å². The summed E-state index contributed by atoms with van der Waals surface area (Å²) in [7, 11) is 1.56. The Labute approximate surface area is 176 Å². The Bertz CT molecular complexity index is 1140. The van der Waals surface area contributed by atoms with Crippen molar-refractivity contribution in [3.63, 3.8) is 0 Å². The molecule has 1 atom stereocenters. The van der Waals surface area contributed by atoms with Crippen molar-refractivity contribution in [2.45, 2.75) is 18.8 Å². The Kier molecular flexibility index (Phi) is 4.92. The lowest BCUT2D eigenvalue weighted by Crippen LogP contribution is -2.50. The highest BCUT2D eigenvalue weighted by Crippen LogP contribution is 2.50. The molecule has 2 heterocycles. The first-order valence-corrected chi connectivity index (χ1v) is 10.2. The molecule has 0 saturated heterocycles. The van der Waals surface area contributed by atoms with Gasteiger partial charge in [0.25, 0.3) is 0 Å². The molecule has 148 valence electrons. The molecule has 0 spiro atoms. The molecular weight excluding hydrogens is 413 g/mol. The fraction of sp³-hybridized carbons (Fsp3) is 0.182. The SMILES string of the molecule is CCC1(c2cccc(F)c2)C(=O)Nc2sc(Cl)c(-c3cccc(OC)c3)c2C1=O. The second-order valence-electron chi connectivity index (χ2n) is 6.74. The minimum atomic E-state index is -1.52. The number of Topliss-reactive ketones (excluding diaryl/α,β-unsaturated/α-hetero) is 1. The van der Waals surface area contributed by atoms with E-state index in [1.165, 1.54) is 18.2 Å². The van der Waals surface area contributed by atoms with Gasteiger partial charge in [-0.15, -0.1) is 11.3 Å². The number of hydrogen-bond donors (Lipinski definition) is 1. The molecule has 1 N–H and O–H groups in total. The van der Waals surface area contributed by atoms with E-state index in [0.29, 0.717) is 37.3 Å². The fourth-order valence-corrected chi connectivity index (χ4v) is 5.19. The number of thiophene rings is 1. The number of halogens is 2. The topological polar surface area (TPSA) is 55.4 Å². The first-order chi connectivity index (χ1) is 13.9. The third-order valence-electron chi connectivity index (χ3n) is 5.30. The molecule has 0 bridgehead atoms. The number of fused-ring (bicyclic) bond motifs is 1. The Hall–Kier alpha value is -2.70. The molecule has 0 saturated carbocycles. The number of carbonyl (C=O) groups is 2. The fourth-order valence-electron chi connectivity index (χ4n) is 3.81. The molecule has 0 aliphatic carbocycles. The number of carbonyl (C=O) groups excluding carboxylic acids is 2. The van der Waals surface area contributed by atoms with Crippen LogP contribution in [0.2, 0.25) is 4.34 Å². The maximum atomic E-state index is 13.9. The summed E-state index contributed by atoms with van der Waals surface area (Å²) in [6, 6.07) is 12.8. The second kappa shape index (κ2) is 7.28. The van der Waals surface area contributed by atoms with Crippen LogP contribution >= 0.6 is 22.9 Å². The van der Waals surface area contributed by atoms with Gasteiger partial charge in [-0.05, 0) is 41.8 Å². The highest BCUT2D eigenvalue weighted by atomic mass is 35.5. The molecule has 2 aromatic carbocycles. The predicted octanol–water partition coefficient (Wildman–Crippen LogP) is 5.70. The number of rotatable bonds is 4. The van der Waals surface area contributed by atoms with Crippen molar-refractivity contribution in [3.8, 4) is 16.9 Å². The summed E-state index contributed by atoms with van der Waals surface area (Å²) in [5.41, 5.74) is 0.407. The number of hydrogen-bond acceptors (Lipinski definition) is 4. The van der Waals surface area contributed by atoms with Gasteiger partial charge in [0, 0.05) is 5.56 Å². The summed E-state index contributed by atoms with van der Waals surface area (Å²) < 4.78 is 19.6. The van der Waals surface area contributed by atoms with Crippen molar-refractivity contribution < 1.29 is 18.7 Å². The first-order valence-electron chi connectivity index (χ1n) is 9.01. The van der Waals surface area contributed by atoms with Crippen LogP contribution in [0.4, 0.5) is 9.39 Å². The molecule has 3 aromatic rings. The largest absolute Gasteiger partial charge is 0.497 e. The highest BCUT2D eigenvalue weighted by Gasteiger charge is 2.52. The number of nitrogens with one attached hydrogen (secondary N) is 1. The van der Waals surface area contributed by atoms with E-state index in [1.807, 2.05) is 6.07 Å². The van der Waals surface area contributed by atoms with Gasteiger partial charge in [-0.3, -0.25) is 9.59 Å². The Balaban J connectivity index is 1.95. The van der Waals surface area contributed by atoms with E-state index in [2.05, 4.69) is 5.32 Å². The lowest BCUT2D eigenvalue weighted by Gasteiger charge is -2.34. The maximum absolute atomic E-state index is 13.9. The number of amides is 1. The van der Waals surface area contributed by atoms with Crippen molar-refractivity contribution in [2.24, 2.45) is 0 Å². The minimum Gasteiger partial charge on any atom is -0.497 e. The second-order valence-corrected chi connectivity index (χ2v) is 8.36. The van der Waals surface area contributed by atoms with Crippen LogP contribution in [0.1, 0.15) is 29.3 Å². The zero-order valence-corrected chi connectivity index (χ0v) is 17.3. The average Bonchev–Trinajstić information content (AvgIpc) is 3.04.